The lowest BCUT2D eigenvalue weighted by molar-refractivity contribution is -0.121. The number of piperidine rings is 1. The van der Waals surface area contributed by atoms with Crippen LogP contribution in [0.5, 0.6) is 5.75 Å². The maximum Gasteiger partial charge on any atom is 0.227 e. The van der Waals surface area contributed by atoms with Crippen molar-refractivity contribution in [1.29, 1.82) is 0 Å². The van der Waals surface area contributed by atoms with Gasteiger partial charge in [-0.3, -0.25) is 14.5 Å². The molecule has 1 aliphatic rings. The van der Waals surface area contributed by atoms with Gasteiger partial charge in [-0.2, -0.15) is 0 Å². The average molecular weight is 454 g/mol. The second-order valence-electron chi connectivity index (χ2n) is 8.74. The van der Waals surface area contributed by atoms with Crippen molar-refractivity contribution >= 4 is 28.3 Å². The van der Waals surface area contributed by atoms with Crippen LogP contribution in [0.4, 0.5) is 5.69 Å². The summed E-state index contributed by atoms with van der Waals surface area (Å²) in [6, 6.07) is 24.0. The molecule has 1 amide bonds. The quantitative estimate of drug-likeness (QED) is 0.278. The second-order valence-corrected chi connectivity index (χ2v) is 8.74. The zero-order valence-electron chi connectivity index (χ0n) is 18.8. The number of carbonyl (C=O) groups excluding carboxylic acids is 2. The molecule has 1 atom stereocenters. The summed E-state index contributed by atoms with van der Waals surface area (Å²) in [6.07, 6.45) is 3.09. The molecule has 2 heterocycles. The van der Waals surface area contributed by atoms with Gasteiger partial charge in [0.05, 0.1) is 11.7 Å². The van der Waals surface area contributed by atoms with E-state index in [1.54, 1.807) is 30.5 Å². The van der Waals surface area contributed by atoms with Crippen molar-refractivity contribution in [3.63, 3.8) is 0 Å². The number of para-hydroxylation sites is 3. The van der Waals surface area contributed by atoms with Crippen LogP contribution in [0, 0.1) is 5.92 Å². The van der Waals surface area contributed by atoms with Crippen molar-refractivity contribution in [2.75, 3.05) is 18.4 Å². The lowest BCUT2D eigenvalue weighted by Gasteiger charge is -2.36. The Labute approximate surface area is 198 Å². The molecule has 0 spiro atoms. The highest BCUT2D eigenvalue weighted by molar-refractivity contribution is 6.10. The predicted octanol–water partition coefficient (Wildman–Crippen LogP) is 5.15. The van der Waals surface area contributed by atoms with E-state index >= 15 is 0 Å². The SMILES string of the molecule is O=C(Nc1ccccc1O)C1CCN([C@H](C(=O)c2c[nH]c3ccccc23)c2ccccc2)CC1. The van der Waals surface area contributed by atoms with Crippen LogP contribution in [-0.4, -0.2) is 39.8 Å². The molecule has 0 radical (unpaired) electrons. The molecule has 1 aliphatic heterocycles. The van der Waals surface area contributed by atoms with E-state index in [4.69, 9.17) is 0 Å². The molecule has 6 heteroatoms. The molecule has 1 fully saturated rings. The van der Waals surface area contributed by atoms with Crippen LogP contribution in [0.15, 0.2) is 85.1 Å². The van der Waals surface area contributed by atoms with E-state index in [9.17, 15) is 14.7 Å². The first-order chi connectivity index (χ1) is 16.6. The number of fused-ring (bicyclic) bond motifs is 1. The number of hydrogen-bond donors (Lipinski definition) is 3. The maximum absolute atomic E-state index is 13.8. The van der Waals surface area contributed by atoms with E-state index in [-0.39, 0.29) is 23.4 Å². The van der Waals surface area contributed by atoms with Gasteiger partial charge in [-0.25, -0.2) is 0 Å². The Kier molecular flexibility index (Phi) is 6.14. The Balaban J connectivity index is 1.35. The number of anilines is 1. The van der Waals surface area contributed by atoms with Crippen LogP contribution in [0.3, 0.4) is 0 Å². The summed E-state index contributed by atoms with van der Waals surface area (Å²) in [5, 5.41) is 13.7. The number of aromatic amines is 1. The monoisotopic (exact) mass is 453 g/mol. The minimum atomic E-state index is -0.414. The van der Waals surface area contributed by atoms with Crippen molar-refractivity contribution in [2.45, 2.75) is 18.9 Å². The van der Waals surface area contributed by atoms with Gasteiger partial charge in [0.1, 0.15) is 5.75 Å². The first-order valence-corrected chi connectivity index (χ1v) is 11.6. The third-order valence-electron chi connectivity index (χ3n) is 6.65. The predicted molar refractivity (Wildman–Crippen MR) is 133 cm³/mol. The number of likely N-dealkylation sites (tertiary alicyclic amines) is 1. The van der Waals surface area contributed by atoms with Crippen LogP contribution < -0.4 is 5.32 Å². The molecule has 5 rings (SSSR count). The third kappa shape index (κ3) is 4.32. The number of H-pyrrole nitrogens is 1. The number of ketones is 1. The first kappa shape index (κ1) is 21.9. The van der Waals surface area contributed by atoms with Gasteiger partial charge in [-0.05, 0) is 49.7 Å². The van der Waals surface area contributed by atoms with E-state index < -0.39 is 6.04 Å². The number of amides is 1. The molecule has 1 aromatic heterocycles. The number of aromatic nitrogens is 1. The van der Waals surface area contributed by atoms with Crippen molar-refractivity contribution in [1.82, 2.24) is 9.88 Å². The first-order valence-electron chi connectivity index (χ1n) is 11.6. The van der Waals surface area contributed by atoms with Crippen molar-refractivity contribution in [3.05, 3.63) is 96.2 Å². The van der Waals surface area contributed by atoms with Crippen LogP contribution in [0.2, 0.25) is 0 Å². The Morgan fingerprint density at radius 1 is 0.912 bits per heavy atom. The molecule has 6 nitrogen and oxygen atoms in total. The Bertz CT molecular complexity index is 1310. The number of phenols is 1. The molecule has 4 aromatic rings. The van der Waals surface area contributed by atoms with Crippen molar-refractivity contribution < 1.29 is 14.7 Å². The Hall–Kier alpha value is -3.90. The van der Waals surface area contributed by atoms with Crippen LogP contribution >= 0.6 is 0 Å². The summed E-state index contributed by atoms with van der Waals surface area (Å²) < 4.78 is 0. The highest BCUT2D eigenvalue weighted by Crippen LogP contribution is 2.33. The second kappa shape index (κ2) is 9.53. The number of rotatable bonds is 6. The van der Waals surface area contributed by atoms with Crippen molar-refractivity contribution in [3.8, 4) is 5.75 Å². The van der Waals surface area contributed by atoms with E-state index in [0.29, 0.717) is 37.2 Å². The molecule has 1 saturated heterocycles. The smallest absolute Gasteiger partial charge is 0.227 e. The van der Waals surface area contributed by atoms with E-state index in [2.05, 4.69) is 15.2 Å². The molecular formula is C28H27N3O3. The average Bonchev–Trinajstić information content (AvgIpc) is 3.31. The summed E-state index contributed by atoms with van der Waals surface area (Å²) in [6.45, 7) is 1.26. The minimum absolute atomic E-state index is 0.0563. The van der Waals surface area contributed by atoms with E-state index in [0.717, 1.165) is 16.5 Å². The van der Waals surface area contributed by atoms with E-state index in [1.165, 1.54) is 0 Å². The van der Waals surface area contributed by atoms with Crippen molar-refractivity contribution in [2.24, 2.45) is 5.92 Å². The highest BCUT2D eigenvalue weighted by atomic mass is 16.3. The summed E-state index contributed by atoms with van der Waals surface area (Å²) in [4.78, 5) is 32.1. The molecule has 172 valence electrons. The maximum atomic E-state index is 13.8. The number of hydrogen-bond acceptors (Lipinski definition) is 4. The lowest BCUT2D eigenvalue weighted by atomic mass is 9.90. The molecular weight excluding hydrogens is 426 g/mol. The zero-order chi connectivity index (χ0) is 23.5. The molecule has 0 saturated carbocycles. The van der Waals surface area contributed by atoms with Gasteiger partial charge in [0.15, 0.2) is 5.78 Å². The van der Waals surface area contributed by atoms with Gasteiger partial charge in [-0.15, -0.1) is 0 Å². The third-order valence-corrected chi connectivity index (χ3v) is 6.65. The highest BCUT2D eigenvalue weighted by Gasteiger charge is 2.34. The molecule has 0 aliphatic carbocycles. The van der Waals surface area contributed by atoms with Crippen LogP contribution in [0.1, 0.15) is 34.8 Å². The number of nitrogens with one attached hydrogen (secondary N) is 2. The Morgan fingerprint density at radius 2 is 1.59 bits per heavy atom. The largest absolute Gasteiger partial charge is 0.506 e. The molecule has 34 heavy (non-hydrogen) atoms. The molecule has 0 bridgehead atoms. The number of nitrogens with zero attached hydrogens (tertiary/aromatic N) is 1. The standard InChI is InChI=1S/C28H27N3O3/c32-25-13-7-6-12-24(25)30-28(34)20-14-16-31(17-15-20)26(19-8-2-1-3-9-19)27(33)22-18-29-23-11-5-4-10-21(22)23/h1-13,18,20,26,29,32H,14-17H2,(H,30,34)/t26-/m0/s1. The van der Waals surface area contributed by atoms with Crippen LogP contribution in [-0.2, 0) is 4.79 Å². The fourth-order valence-electron chi connectivity index (χ4n) is 4.82. The summed E-state index contributed by atoms with van der Waals surface area (Å²) in [5.74, 6) is -0.154. The minimum Gasteiger partial charge on any atom is -0.506 e. The zero-order valence-corrected chi connectivity index (χ0v) is 18.8. The summed E-state index contributed by atoms with van der Waals surface area (Å²) in [5.41, 5.74) is 3.00. The summed E-state index contributed by atoms with van der Waals surface area (Å²) >= 11 is 0. The Morgan fingerprint density at radius 3 is 2.35 bits per heavy atom. The number of aromatic hydroxyl groups is 1. The molecule has 3 aromatic carbocycles. The number of Topliss-reactive ketones (excluding diaryl/α,β-unsaturated/α-hetero) is 1. The fourth-order valence-corrected chi connectivity index (χ4v) is 4.82. The van der Waals surface area contributed by atoms with Crippen LogP contribution in [0.25, 0.3) is 10.9 Å². The molecule has 0 unspecified atom stereocenters. The number of carbonyl (C=O) groups is 2. The number of benzene rings is 3. The molecule has 3 N–H and O–H groups in total. The topological polar surface area (TPSA) is 85.4 Å². The lowest BCUT2D eigenvalue weighted by Crippen LogP contribution is -2.42. The number of phenolic OH excluding ortho intramolecular Hbond substituents is 1. The van der Waals surface area contributed by atoms with Gasteiger partial charge in [0.2, 0.25) is 5.91 Å². The van der Waals surface area contributed by atoms with Gasteiger partial charge < -0.3 is 15.4 Å². The van der Waals surface area contributed by atoms with Gasteiger partial charge in [0.25, 0.3) is 0 Å². The fraction of sp³-hybridized carbons (Fsp3) is 0.214. The summed E-state index contributed by atoms with van der Waals surface area (Å²) in [7, 11) is 0. The van der Waals surface area contributed by atoms with Gasteiger partial charge >= 0.3 is 0 Å². The normalized spacial score (nSPS) is 15.8. The van der Waals surface area contributed by atoms with E-state index in [1.807, 2.05) is 54.6 Å². The van der Waals surface area contributed by atoms with Gasteiger partial charge in [-0.1, -0.05) is 60.7 Å². The van der Waals surface area contributed by atoms with Gasteiger partial charge in [0, 0.05) is 28.6 Å².